The maximum atomic E-state index is 5.73. The number of aliphatic imine (C=N–C) groups is 1. The summed E-state index contributed by atoms with van der Waals surface area (Å²) in [5.41, 5.74) is 1.12. The molecule has 1 aliphatic rings. The molecule has 5 nitrogen and oxygen atoms in total. The van der Waals surface area contributed by atoms with E-state index >= 15 is 0 Å². The van der Waals surface area contributed by atoms with Gasteiger partial charge in [0, 0.05) is 25.4 Å². The lowest BCUT2D eigenvalue weighted by Gasteiger charge is -2.12. The van der Waals surface area contributed by atoms with E-state index in [0.717, 1.165) is 43.6 Å². The van der Waals surface area contributed by atoms with Gasteiger partial charge in [0.1, 0.15) is 0 Å². The summed E-state index contributed by atoms with van der Waals surface area (Å²) in [6.45, 7) is 9.75. The first-order valence-electron chi connectivity index (χ1n) is 8.77. The molecule has 2 N–H and O–H groups in total. The van der Waals surface area contributed by atoms with Crippen LogP contribution in [0.5, 0.6) is 5.88 Å². The van der Waals surface area contributed by atoms with E-state index in [4.69, 9.17) is 4.74 Å². The van der Waals surface area contributed by atoms with E-state index < -0.39 is 0 Å². The Kier molecular flexibility index (Phi) is 10.1. The number of nitrogens with zero attached hydrogens (tertiary/aromatic N) is 2. The minimum atomic E-state index is 0. The molecule has 0 aliphatic heterocycles. The van der Waals surface area contributed by atoms with E-state index in [1.165, 1.54) is 12.8 Å². The van der Waals surface area contributed by atoms with Gasteiger partial charge in [-0.3, -0.25) is 0 Å². The number of hydrogen-bond acceptors (Lipinski definition) is 3. The molecule has 2 rings (SSSR count). The SMILES string of the molecule is CCNC(=NCc1ccnc(OCC2CC2)c1)NCCC(C)C.I. The van der Waals surface area contributed by atoms with Crippen LogP contribution in [-0.4, -0.2) is 30.6 Å². The van der Waals surface area contributed by atoms with Crippen molar-refractivity contribution >= 4 is 29.9 Å². The van der Waals surface area contributed by atoms with Crippen LogP contribution in [0.2, 0.25) is 0 Å². The summed E-state index contributed by atoms with van der Waals surface area (Å²) in [6, 6.07) is 3.98. The number of ether oxygens (including phenoxy) is 1. The van der Waals surface area contributed by atoms with E-state index in [0.29, 0.717) is 18.3 Å². The Morgan fingerprint density at radius 1 is 1.38 bits per heavy atom. The number of rotatable bonds is 9. The third-order valence-electron chi connectivity index (χ3n) is 3.74. The summed E-state index contributed by atoms with van der Waals surface area (Å²) in [5.74, 6) is 3.01. The monoisotopic (exact) mass is 446 g/mol. The third kappa shape index (κ3) is 8.70. The molecule has 0 atom stereocenters. The number of pyridine rings is 1. The van der Waals surface area contributed by atoms with Crippen molar-refractivity contribution in [3.63, 3.8) is 0 Å². The molecule has 1 aliphatic carbocycles. The van der Waals surface area contributed by atoms with Gasteiger partial charge in [0.25, 0.3) is 0 Å². The van der Waals surface area contributed by atoms with Crippen molar-refractivity contribution in [2.75, 3.05) is 19.7 Å². The summed E-state index contributed by atoms with van der Waals surface area (Å²) >= 11 is 0. The molecule has 0 unspecified atom stereocenters. The summed E-state index contributed by atoms with van der Waals surface area (Å²) in [4.78, 5) is 8.91. The van der Waals surface area contributed by atoms with Crippen molar-refractivity contribution in [1.29, 1.82) is 0 Å². The van der Waals surface area contributed by atoms with Gasteiger partial charge in [0.05, 0.1) is 13.2 Å². The highest BCUT2D eigenvalue weighted by Gasteiger charge is 2.22. The number of aromatic nitrogens is 1. The molecule has 1 aromatic heterocycles. The van der Waals surface area contributed by atoms with E-state index in [1.54, 1.807) is 6.20 Å². The third-order valence-corrected chi connectivity index (χ3v) is 3.74. The minimum absolute atomic E-state index is 0. The Labute approximate surface area is 163 Å². The summed E-state index contributed by atoms with van der Waals surface area (Å²) in [7, 11) is 0. The fourth-order valence-corrected chi connectivity index (χ4v) is 2.11. The number of halogens is 1. The van der Waals surface area contributed by atoms with E-state index in [-0.39, 0.29) is 24.0 Å². The summed E-state index contributed by atoms with van der Waals surface area (Å²) in [5, 5.41) is 6.66. The predicted molar refractivity (Wildman–Crippen MR) is 110 cm³/mol. The molecular weight excluding hydrogens is 415 g/mol. The van der Waals surface area contributed by atoms with Gasteiger partial charge in [-0.15, -0.1) is 24.0 Å². The first-order valence-corrected chi connectivity index (χ1v) is 8.77. The van der Waals surface area contributed by atoms with Crippen molar-refractivity contribution in [2.45, 2.75) is 46.6 Å². The van der Waals surface area contributed by atoms with Gasteiger partial charge in [-0.25, -0.2) is 9.98 Å². The quantitative estimate of drug-likeness (QED) is 0.346. The van der Waals surface area contributed by atoms with E-state index in [2.05, 4.69) is 41.4 Å². The molecular formula is C18H31IN4O. The van der Waals surface area contributed by atoms with E-state index in [1.807, 2.05) is 12.1 Å². The van der Waals surface area contributed by atoms with Crippen molar-refractivity contribution in [3.05, 3.63) is 23.9 Å². The number of hydrogen-bond donors (Lipinski definition) is 2. The van der Waals surface area contributed by atoms with Crippen LogP contribution in [0.1, 0.15) is 45.6 Å². The molecule has 1 aromatic rings. The van der Waals surface area contributed by atoms with Gasteiger partial charge in [-0.2, -0.15) is 0 Å². The molecule has 6 heteroatoms. The van der Waals surface area contributed by atoms with Crippen LogP contribution in [-0.2, 0) is 6.54 Å². The highest BCUT2D eigenvalue weighted by Crippen LogP contribution is 2.29. The highest BCUT2D eigenvalue weighted by molar-refractivity contribution is 14.0. The standard InChI is InChI=1S/C18H30N4O.HI/c1-4-19-18(21-9-7-14(2)3)22-12-16-8-10-20-17(11-16)23-13-15-5-6-15;/h8,10-11,14-15H,4-7,9,12-13H2,1-3H3,(H2,19,21,22);1H. The van der Waals surface area contributed by atoms with Crippen molar-refractivity contribution < 1.29 is 4.74 Å². The fraction of sp³-hybridized carbons (Fsp3) is 0.667. The molecule has 1 saturated carbocycles. The normalized spacial score (nSPS) is 14.2. The van der Waals surface area contributed by atoms with Crippen molar-refractivity contribution in [1.82, 2.24) is 15.6 Å². The van der Waals surface area contributed by atoms with Crippen LogP contribution in [0.25, 0.3) is 0 Å². The second-order valence-corrected chi connectivity index (χ2v) is 6.56. The van der Waals surface area contributed by atoms with Gasteiger partial charge >= 0.3 is 0 Å². The second-order valence-electron chi connectivity index (χ2n) is 6.56. The van der Waals surface area contributed by atoms with Gasteiger partial charge in [0.15, 0.2) is 5.96 Å². The first kappa shape index (κ1) is 21.0. The maximum Gasteiger partial charge on any atom is 0.213 e. The molecule has 1 fully saturated rings. The Morgan fingerprint density at radius 3 is 2.83 bits per heavy atom. The zero-order valence-electron chi connectivity index (χ0n) is 15.0. The van der Waals surface area contributed by atoms with Crippen LogP contribution in [0.3, 0.4) is 0 Å². The molecule has 1 heterocycles. The maximum absolute atomic E-state index is 5.73. The fourth-order valence-electron chi connectivity index (χ4n) is 2.11. The van der Waals surface area contributed by atoms with Crippen LogP contribution >= 0.6 is 24.0 Å². The molecule has 0 spiro atoms. The Hall–Kier alpha value is -1.05. The van der Waals surface area contributed by atoms with Crippen molar-refractivity contribution in [3.8, 4) is 5.88 Å². The van der Waals surface area contributed by atoms with Gasteiger partial charge in [0.2, 0.25) is 5.88 Å². The topological polar surface area (TPSA) is 58.5 Å². The molecule has 0 aromatic carbocycles. The zero-order chi connectivity index (χ0) is 16.5. The minimum Gasteiger partial charge on any atom is -0.477 e. The van der Waals surface area contributed by atoms with Crippen molar-refractivity contribution in [2.24, 2.45) is 16.8 Å². The smallest absolute Gasteiger partial charge is 0.213 e. The predicted octanol–water partition coefficient (Wildman–Crippen LogP) is 3.59. The molecule has 0 bridgehead atoms. The average Bonchev–Trinajstić information content (AvgIpc) is 3.35. The first-order chi connectivity index (χ1) is 11.2. The van der Waals surface area contributed by atoms with Crippen LogP contribution in [0.15, 0.2) is 23.3 Å². The Morgan fingerprint density at radius 2 is 2.17 bits per heavy atom. The van der Waals surface area contributed by atoms with Crippen LogP contribution in [0, 0.1) is 11.8 Å². The van der Waals surface area contributed by atoms with E-state index in [9.17, 15) is 0 Å². The lowest BCUT2D eigenvalue weighted by molar-refractivity contribution is 0.288. The molecule has 0 saturated heterocycles. The van der Waals surface area contributed by atoms with Gasteiger partial charge in [-0.1, -0.05) is 13.8 Å². The molecule has 0 amide bonds. The summed E-state index contributed by atoms with van der Waals surface area (Å²) < 4.78 is 5.73. The Balaban J connectivity index is 0.00000288. The van der Waals surface area contributed by atoms with Gasteiger partial charge in [-0.05, 0) is 49.7 Å². The van der Waals surface area contributed by atoms with Crippen LogP contribution in [0.4, 0.5) is 0 Å². The highest BCUT2D eigenvalue weighted by atomic mass is 127. The zero-order valence-corrected chi connectivity index (χ0v) is 17.4. The lowest BCUT2D eigenvalue weighted by Crippen LogP contribution is -2.38. The lowest BCUT2D eigenvalue weighted by atomic mass is 10.1. The average molecular weight is 446 g/mol. The van der Waals surface area contributed by atoms with Crippen LogP contribution < -0.4 is 15.4 Å². The second kappa shape index (κ2) is 11.5. The summed E-state index contributed by atoms with van der Waals surface area (Å²) in [6.07, 6.45) is 5.52. The Bertz CT molecular complexity index is 504. The number of guanidine groups is 1. The molecule has 24 heavy (non-hydrogen) atoms. The number of nitrogens with one attached hydrogen (secondary N) is 2. The van der Waals surface area contributed by atoms with Gasteiger partial charge < -0.3 is 15.4 Å². The molecule has 0 radical (unpaired) electrons. The molecule has 136 valence electrons. The largest absolute Gasteiger partial charge is 0.477 e.